The van der Waals surface area contributed by atoms with Crippen molar-refractivity contribution in [3.8, 4) is 0 Å². The third kappa shape index (κ3) is 3.84. The molecule has 1 unspecified atom stereocenters. The number of nitrogens with one attached hydrogen (secondary N) is 1. The van der Waals surface area contributed by atoms with E-state index in [1.807, 2.05) is 5.32 Å². The van der Waals surface area contributed by atoms with Crippen LogP contribution in [0.4, 0.5) is 4.39 Å². The fraction of sp³-hybridized carbons (Fsp3) is 0.412. The number of amides is 2. The molecule has 1 aromatic carbocycles. The van der Waals surface area contributed by atoms with Crippen LogP contribution in [-0.4, -0.2) is 37.0 Å². The molecule has 8 heteroatoms. The summed E-state index contributed by atoms with van der Waals surface area (Å²) in [6.45, 7) is 3.19. The Morgan fingerprint density at radius 2 is 1.40 bits per heavy atom. The molecule has 0 saturated carbocycles. The first-order valence-electron chi connectivity index (χ1n) is 7.84. The molecular weight excluding hydrogens is 333 g/mol. The molecule has 1 fully saturated rings. The third-order valence-electron chi connectivity index (χ3n) is 3.87. The van der Waals surface area contributed by atoms with E-state index >= 15 is 0 Å². The molecule has 1 aromatic rings. The molecule has 0 aliphatic carbocycles. The van der Waals surface area contributed by atoms with Crippen molar-refractivity contribution < 1.29 is 33.0 Å². The van der Waals surface area contributed by atoms with Gasteiger partial charge in [0.15, 0.2) is 0 Å². The Balaban J connectivity index is 2.53. The highest BCUT2D eigenvalue weighted by atomic mass is 19.1. The van der Waals surface area contributed by atoms with Gasteiger partial charge >= 0.3 is 11.9 Å². The van der Waals surface area contributed by atoms with Gasteiger partial charge in [0.2, 0.25) is 11.8 Å². The van der Waals surface area contributed by atoms with Crippen LogP contribution in [0.5, 0.6) is 0 Å². The van der Waals surface area contributed by atoms with Crippen LogP contribution in [0.1, 0.15) is 25.3 Å². The van der Waals surface area contributed by atoms with E-state index in [-0.39, 0.29) is 13.2 Å². The summed E-state index contributed by atoms with van der Waals surface area (Å²) in [6.07, 6.45) is 0. The van der Waals surface area contributed by atoms with Crippen molar-refractivity contribution in [2.24, 2.45) is 11.8 Å². The smallest absolute Gasteiger partial charge is 0.319 e. The second-order valence-electron chi connectivity index (χ2n) is 5.39. The van der Waals surface area contributed by atoms with Crippen molar-refractivity contribution in [2.45, 2.75) is 19.8 Å². The third-order valence-corrected chi connectivity index (χ3v) is 3.87. The van der Waals surface area contributed by atoms with Gasteiger partial charge in [-0.1, -0.05) is 12.1 Å². The topological polar surface area (TPSA) is 98.8 Å². The molecule has 1 heterocycles. The lowest BCUT2D eigenvalue weighted by Crippen LogP contribution is -2.56. The Bertz CT molecular complexity index is 651. The first-order chi connectivity index (χ1) is 11.9. The number of imide groups is 1. The molecule has 1 aliphatic heterocycles. The maximum atomic E-state index is 13.2. The molecule has 2 amide bonds. The number of ether oxygens (including phenoxy) is 2. The number of hydrogen-bond acceptors (Lipinski definition) is 6. The molecule has 0 bridgehead atoms. The monoisotopic (exact) mass is 351 g/mol. The highest BCUT2D eigenvalue weighted by molar-refractivity contribution is 6.14. The molecule has 2 rings (SSSR count). The lowest BCUT2D eigenvalue weighted by Gasteiger charge is -2.34. The number of carbonyl (C=O) groups excluding carboxylic acids is 4. The van der Waals surface area contributed by atoms with E-state index in [0.29, 0.717) is 5.56 Å². The van der Waals surface area contributed by atoms with Crippen LogP contribution in [-0.2, 0) is 28.7 Å². The summed E-state index contributed by atoms with van der Waals surface area (Å²) < 4.78 is 23.1. The Morgan fingerprint density at radius 1 is 0.960 bits per heavy atom. The second kappa shape index (κ2) is 7.87. The standard InChI is InChI=1S/C17H18FNO6/c1-3-24-16(22)12-11(9-5-7-10(18)8-6-9)13(17(23)25-4-2)15(21)19-14(12)20/h5-8,11-13H,3-4H2,1-2H3,(H,19,20,21)/t11?,12-,13+. The predicted molar refractivity (Wildman–Crippen MR) is 82.5 cm³/mol. The average Bonchev–Trinajstić information content (AvgIpc) is 2.55. The number of hydrogen-bond donors (Lipinski definition) is 1. The summed E-state index contributed by atoms with van der Waals surface area (Å²) >= 11 is 0. The Hall–Kier alpha value is -2.77. The minimum absolute atomic E-state index is 0.0246. The Kier molecular flexibility index (Phi) is 5.84. The van der Waals surface area contributed by atoms with Crippen LogP contribution >= 0.6 is 0 Å². The predicted octanol–water partition coefficient (Wildman–Crippen LogP) is 0.924. The van der Waals surface area contributed by atoms with Crippen molar-refractivity contribution in [1.29, 1.82) is 0 Å². The molecule has 1 saturated heterocycles. The largest absolute Gasteiger partial charge is 0.465 e. The van der Waals surface area contributed by atoms with E-state index in [0.717, 1.165) is 12.1 Å². The summed E-state index contributed by atoms with van der Waals surface area (Å²) in [5.74, 6) is -7.96. The Labute approximate surface area is 143 Å². The van der Waals surface area contributed by atoms with Crippen LogP contribution in [0.15, 0.2) is 24.3 Å². The van der Waals surface area contributed by atoms with Crippen molar-refractivity contribution in [2.75, 3.05) is 13.2 Å². The molecule has 7 nitrogen and oxygen atoms in total. The van der Waals surface area contributed by atoms with Crippen LogP contribution in [0.2, 0.25) is 0 Å². The number of esters is 2. The van der Waals surface area contributed by atoms with Crippen molar-refractivity contribution in [3.05, 3.63) is 35.6 Å². The van der Waals surface area contributed by atoms with Gasteiger partial charge in [-0.25, -0.2) is 4.39 Å². The molecule has 134 valence electrons. The molecule has 25 heavy (non-hydrogen) atoms. The highest BCUT2D eigenvalue weighted by Crippen LogP contribution is 2.37. The second-order valence-corrected chi connectivity index (χ2v) is 5.39. The normalized spacial score (nSPS) is 22.9. The summed E-state index contributed by atoms with van der Waals surface area (Å²) in [5, 5.41) is 2.02. The zero-order valence-electron chi connectivity index (χ0n) is 13.8. The lowest BCUT2D eigenvalue weighted by atomic mass is 9.73. The van der Waals surface area contributed by atoms with Crippen LogP contribution in [0, 0.1) is 17.7 Å². The van der Waals surface area contributed by atoms with E-state index in [1.54, 1.807) is 13.8 Å². The van der Waals surface area contributed by atoms with Crippen molar-refractivity contribution in [1.82, 2.24) is 5.32 Å². The molecule has 0 radical (unpaired) electrons. The lowest BCUT2D eigenvalue weighted by molar-refractivity contribution is -0.163. The van der Waals surface area contributed by atoms with E-state index in [9.17, 15) is 23.6 Å². The molecule has 1 N–H and O–H groups in total. The van der Waals surface area contributed by atoms with Gasteiger partial charge in [0.1, 0.15) is 17.7 Å². The summed E-state index contributed by atoms with van der Waals surface area (Å²) in [4.78, 5) is 49.0. The SMILES string of the molecule is CCOC(=O)[C@H]1C(=O)NC(=O)[C@@H](C(=O)OCC)C1c1ccc(F)cc1. The highest BCUT2D eigenvalue weighted by Gasteiger charge is 2.52. The molecule has 0 aromatic heterocycles. The summed E-state index contributed by atoms with van der Waals surface area (Å²) in [7, 11) is 0. The van der Waals surface area contributed by atoms with E-state index in [1.165, 1.54) is 12.1 Å². The quantitative estimate of drug-likeness (QED) is 0.481. The van der Waals surface area contributed by atoms with Gasteiger partial charge in [-0.15, -0.1) is 0 Å². The maximum absolute atomic E-state index is 13.2. The summed E-state index contributed by atoms with van der Waals surface area (Å²) in [5.41, 5.74) is 0.292. The van der Waals surface area contributed by atoms with Crippen LogP contribution in [0.3, 0.4) is 0 Å². The van der Waals surface area contributed by atoms with E-state index in [2.05, 4.69) is 0 Å². The maximum Gasteiger partial charge on any atom is 0.319 e. The zero-order valence-corrected chi connectivity index (χ0v) is 13.8. The fourth-order valence-corrected chi connectivity index (χ4v) is 2.84. The molecule has 3 atom stereocenters. The van der Waals surface area contributed by atoms with Crippen molar-refractivity contribution in [3.63, 3.8) is 0 Å². The number of piperidine rings is 1. The van der Waals surface area contributed by atoms with E-state index in [4.69, 9.17) is 9.47 Å². The molecule has 0 spiro atoms. The van der Waals surface area contributed by atoms with Gasteiger partial charge in [0, 0.05) is 5.92 Å². The van der Waals surface area contributed by atoms with E-state index < -0.39 is 47.3 Å². The van der Waals surface area contributed by atoms with Crippen molar-refractivity contribution >= 4 is 23.8 Å². The van der Waals surface area contributed by atoms with Gasteiger partial charge in [-0.05, 0) is 31.5 Å². The van der Waals surface area contributed by atoms with Crippen LogP contribution in [0.25, 0.3) is 0 Å². The first-order valence-corrected chi connectivity index (χ1v) is 7.84. The minimum atomic E-state index is -1.42. The number of benzene rings is 1. The first kappa shape index (κ1) is 18.6. The van der Waals surface area contributed by atoms with Crippen LogP contribution < -0.4 is 5.32 Å². The van der Waals surface area contributed by atoms with Gasteiger partial charge in [-0.2, -0.15) is 0 Å². The van der Waals surface area contributed by atoms with Gasteiger partial charge in [0.25, 0.3) is 0 Å². The Morgan fingerprint density at radius 3 is 1.80 bits per heavy atom. The minimum Gasteiger partial charge on any atom is -0.465 e. The zero-order chi connectivity index (χ0) is 18.6. The molecule has 1 aliphatic rings. The number of carbonyl (C=O) groups is 4. The summed E-state index contributed by atoms with van der Waals surface area (Å²) in [6, 6.07) is 4.89. The van der Waals surface area contributed by atoms with Gasteiger partial charge < -0.3 is 9.47 Å². The fourth-order valence-electron chi connectivity index (χ4n) is 2.84. The number of rotatable bonds is 5. The molecular formula is C17H18FNO6. The van der Waals surface area contributed by atoms with Gasteiger partial charge in [-0.3, -0.25) is 24.5 Å². The van der Waals surface area contributed by atoms with Gasteiger partial charge in [0.05, 0.1) is 13.2 Å². The average molecular weight is 351 g/mol. The number of halogens is 1.